The van der Waals surface area contributed by atoms with E-state index in [2.05, 4.69) is 25.0 Å². The molecule has 4 nitrogen and oxygen atoms in total. The zero-order valence-electron chi connectivity index (χ0n) is 11.4. The summed E-state index contributed by atoms with van der Waals surface area (Å²) in [5.74, 6) is 0. The number of ether oxygens (including phenoxy) is 1. The Balaban J connectivity index is 2.68. The van der Waals surface area contributed by atoms with Crippen molar-refractivity contribution in [2.24, 2.45) is 5.73 Å². The maximum Gasteiger partial charge on any atom is 0.0727 e. The molecule has 0 amide bonds. The third-order valence-corrected chi connectivity index (χ3v) is 2.99. The molecule has 0 aliphatic rings. The first-order valence-corrected chi connectivity index (χ1v) is 6.52. The molecule has 0 radical (unpaired) electrons. The lowest BCUT2D eigenvalue weighted by Crippen LogP contribution is -2.38. The first-order valence-electron chi connectivity index (χ1n) is 6.52. The van der Waals surface area contributed by atoms with Crippen molar-refractivity contribution in [2.75, 3.05) is 6.61 Å². The number of aromatic nitrogens is 2. The van der Waals surface area contributed by atoms with Gasteiger partial charge in [0.1, 0.15) is 0 Å². The zero-order chi connectivity index (χ0) is 12.8. The first kappa shape index (κ1) is 14.2. The van der Waals surface area contributed by atoms with Gasteiger partial charge in [0.25, 0.3) is 0 Å². The van der Waals surface area contributed by atoms with Crippen LogP contribution >= 0.6 is 0 Å². The lowest BCUT2D eigenvalue weighted by atomic mass is 10.0. The van der Waals surface area contributed by atoms with Gasteiger partial charge in [-0.05, 0) is 33.3 Å². The predicted octanol–water partition coefficient (Wildman–Crippen LogP) is 1.90. The summed E-state index contributed by atoms with van der Waals surface area (Å²) in [5, 5.41) is 4.43. The quantitative estimate of drug-likeness (QED) is 0.790. The van der Waals surface area contributed by atoms with Crippen molar-refractivity contribution < 1.29 is 4.74 Å². The third kappa shape index (κ3) is 3.82. The van der Waals surface area contributed by atoms with Crippen LogP contribution < -0.4 is 5.73 Å². The Kier molecular flexibility index (Phi) is 5.65. The van der Waals surface area contributed by atoms with Crippen LogP contribution in [0.2, 0.25) is 0 Å². The Bertz CT molecular complexity index is 335. The Hall–Kier alpha value is -0.870. The number of rotatable bonds is 7. The van der Waals surface area contributed by atoms with Gasteiger partial charge in [0.15, 0.2) is 0 Å². The zero-order valence-corrected chi connectivity index (χ0v) is 11.4. The third-order valence-electron chi connectivity index (χ3n) is 2.99. The summed E-state index contributed by atoms with van der Waals surface area (Å²) in [7, 11) is 0. The molecule has 2 N–H and O–H groups in total. The minimum Gasteiger partial charge on any atom is -0.377 e. The van der Waals surface area contributed by atoms with Gasteiger partial charge in [-0.1, -0.05) is 6.92 Å². The van der Waals surface area contributed by atoms with Crippen molar-refractivity contribution in [1.29, 1.82) is 0 Å². The van der Waals surface area contributed by atoms with Crippen LogP contribution in [0.15, 0.2) is 6.07 Å². The summed E-state index contributed by atoms with van der Waals surface area (Å²) in [6.07, 6.45) is 1.92. The minimum absolute atomic E-state index is 0.0429. The monoisotopic (exact) mass is 239 g/mol. The number of nitrogens with two attached hydrogens (primary N) is 1. The highest BCUT2D eigenvalue weighted by molar-refractivity contribution is 5.10. The van der Waals surface area contributed by atoms with Gasteiger partial charge in [0, 0.05) is 31.3 Å². The maximum atomic E-state index is 6.21. The van der Waals surface area contributed by atoms with Crippen LogP contribution in [-0.2, 0) is 17.7 Å². The van der Waals surface area contributed by atoms with E-state index >= 15 is 0 Å². The molecule has 0 spiro atoms. The van der Waals surface area contributed by atoms with Gasteiger partial charge in [0.05, 0.1) is 11.8 Å². The summed E-state index contributed by atoms with van der Waals surface area (Å²) < 4.78 is 7.67. The molecule has 2 unspecified atom stereocenters. The molecular formula is C13H25N3O. The van der Waals surface area contributed by atoms with Crippen LogP contribution in [0, 0.1) is 6.92 Å². The molecule has 0 bridgehead atoms. The van der Waals surface area contributed by atoms with Crippen molar-refractivity contribution in [3.8, 4) is 0 Å². The van der Waals surface area contributed by atoms with Gasteiger partial charge in [-0.15, -0.1) is 0 Å². The average Bonchev–Trinajstić information content (AvgIpc) is 2.66. The molecular weight excluding hydrogens is 214 g/mol. The minimum atomic E-state index is 0.0429. The summed E-state index contributed by atoms with van der Waals surface area (Å²) in [6.45, 7) is 9.85. The molecule has 0 saturated carbocycles. The van der Waals surface area contributed by atoms with Gasteiger partial charge in [-0.25, -0.2) is 0 Å². The normalized spacial score (nSPS) is 14.9. The van der Waals surface area contributed by atoms with E-state index in [0.717, 1.165) is 31.7 Å². The number of hydrogen-bond acceptors (Lipinski definition) is 3. The van der Waals surface area contributed by atoms with Gasteiger partial charge in [-0.3, -0.25) is 4.68 Å². The van der Waals surface area contributed by atoms with Crippen molar-refractivity contribution in [2.45, 2.75) is 59.2 Å². The molecule has 0 aliphatic heterocycles. The van der Waals surface area contributed by atoms with E-state index < -0.39 is 0 Å². The SMILES string of the molecule is CCOC(CC)C(N)Cc1cc(C)nn1CC. The van der Waals surface area contributed by atoms with Crippen LogP contribution in [0.4, 0.5) is 0 Å². The largest absolute Gasteiger partial charge is 0.377 e. The van der Waals surface area contributed by atoms with E-state index in [-0.39, 0.29) is 12.1 Å². The molecule has 1 rings (SSSR count). The van der Waals surface area contributed by atoms with Crippen LogP contribution in [0.25, 0.3) is 0 Å². The second kappa shape index (κ2) is 6.77. The molecule has 2 atom stereocenters. The van der Waals surface area contributed by atoms with E-state index in [1.165, 1.54) is 5.69 Å². The average molecular weight is 239 g/mol. The topological polar surface area (TPSA) is 53.1 Å². The van der Waals surface area contributed by atoms with Gasteiger partial charge in [0.2, 0.25) is 0 Å². The Morgan fingerprint density at radius 2 is 2.12 bits per heavy atom. The maximum absolute atomic E-state index is 6.21. The van der Waals surface area contributed by atoms with Gasteiger partial charge in [-0.2, -0.15) is 5.10 Å². The smallest absolute Gasteiger partial charge is 0.0727 e. The molecule has 0 saturated heterocycles. The lowest BCUT2D eigenvalue weighted by Gasteiger charge is -2.22. The van der Waals surface area contributed by atoms with Gasteiger partial charge < -0.3 is 10.5 Å². The summed E-state index contributed by atoms with van der Waals surface area (Å²) >= 11 is 0. The van der Waals surface area contributed by atoms with Gasteiger partial charge >= 0.3 is 0 Å². The van der Waals surface area contributed by atoms with E-state index in [1.54, 1.807) is 0 Å². The Morgan fingerprint density at radius 1 is 1.41 bits per heavy atom. The lowest BCUT2D eigenvalue weighted by molar-refractivity contribution is 0.0413. The first-order chi connectivity index (χ1) is 8.12. The van der Waals surface area contributed by atoms with Crippen molar-refractivity contribution in [3.05, 3.63) is 17.5 Å². The molecule has 98 valence electrons. The Labute approximate surface area is 104 Å². The molecule has 1 aromatic rings. The molecule has 0 fully saturated rings. The van der Waals surface area contributed by atoms with Crippen LogP contribution in [0.1, 0.15) is 38.6 Å². The fraction of sp³-hybridized carbons (Fsp3) is 0.769. The van der Waals surface area contributed by atoms with Crippen molar-refractivity contribution in [3.63, 3.8) is 0 Å². The fourth-order valence-electron chi connectivity index (χ4n) is 2.17. The van der Waals surface area contributed by atoms with Crippen LogP contribution in [-0.4, -0.2) is 28.5 Å². The van der Waals surface area contributed by atoms with E-state index in [0.29, 0.717) is 0 Å². The highest BCUT2D eigenvalue weighted by Gasteiger charge is 2.18. The highest BCUT2D eigenvalue weighted by Crippen LogP contribution is 2.11. The highest BCUT2D eigenvalue weighted by atomic mass is 16.5. The number of nitrogens with zero attached hydrogens (tertiary/aromatic N) is 2. The van der Waals surface area contributed by atoms with Crippen molar-refractivity contribution >= 4 is 0 Å². The molecule has 4 heteroatoms. The standard InChI is InChI=1S/C13H25N3O/c1-5-13(17-7-3)12(14)9-11-8-10(4)15-16(11)6-2/h8,12-13H,5-7,9,14H2,1-4H3. The number of aryl methyl sites for hydroxylation is 2. The van der Waals surface area contributed by atoms with E-state index in [9.17, 15) is 0 Å². The van der Waals surface area contributed by atoms with Crippen molar-refractivity contribution in [1.82, 2.24) is 9.78 Å². The number of hydrogen-bond donors (Lipinski definition) is 1. The fourth-order valence-corrected chi connectivity index (χ4v) is 2.17. The van der Waals surface area contributed by atoms with E-state index in [4.69, 9.17) is 10.5 Å². The molecule has 17 heavy (non-hydrogen) atoms. The Morgan fingerprint density at radius 3 is 2.65 bits per heavy atom. The second-order valence-corrected chi connectivity index (χ2v) is 4.36. The van der Waals surface area contributed by atoms with E-state index in [1.807, 2.05) is 18.5 Å². The summed E-state index contributed by atoms with van der Waals surface area (Å²) in [4.78, 5) is 0. The molecule has 1 heterocycles. The summed E-state index contributed by atoms with van der Waals surface area (Å²) in [5.41, 5.74) is 8.47. The van der Waals surface area contributed by atoms with Crippen LogP contribution in [0.5, 0.6) is 0 Å². The second-order valence-electron chi connectivity index (χ2n) is 4.36. The molecule has 1 aromatic heterocycles. The predicted molar refractivity (Wildman–Crippen MR) is 70.0 cm³/mol. The van der Waals surface area contributed by atoms with Crippen LogP contribution in [0.3, 0.4) is 0 Å². The summed E-state index contributed by atoms with van der Waals surface area (Å²) in [6, 6.07) is 2.16. The molecule has 0 aromatic carbocycles. The molecule has 0 aliphatic carbocycles.